The summed E-state index contributed by atoms with van der Waals surface area (Å²) in [5, 5.41) is 0.883. The standard InChI is InChI=1S/C8H13BrN4OS/c1-14-3-2-4-15-7-6(9)5-11-8(12-7)13-10/h5H,2-4,10H2,1H3,(H,11,12,13). The van der Waals surface area contributed by atoms with E-state index in [-0.39, 0.29) is 0 Å². The molecule has 1 aromatic rings. The molecule has 15 heavy (non-hydrogen) atoms. The Morgan fingerprint density at radius 1 is 1.67 bits per heavy atom. The number of anilines is 1. The van der Waals surface area contributed by atoms with E-state index in [9.17, 15) is 0 Å². The van der Waals surface area contributed by atoms with Gasteiger partial charge in [-0.05, 0) is 22.4 Å². The second-order valence-electron chi connectivity index (χ2n) is 2.69. The van der Waals surface area contributed by atoms with Gasteiger partial charge < -0.3 is 4.74 Å². The third kappa shape index (κ3) is 4.33. The van der Waals surface area contributed by atoms with Crippen LogP contribution < -0.4 is 11.3 Å². The van der Waals surface area contributed by atoms with E-state index in [0.29, 0.717) is 5.95 Å². The largest absolute Gasteiger partial charge is 0.385 e. The lowest BCUT2D eigenvalue weighted by Crippen LogP contribution is -2.10. The Hall–Kier alpha value is -0.370. The number of hydrogen-bond donors (Lipinski definition) is 2. The number of rotatable bonds is 6. The van der Waals surface area contributed by atoms with Crippen molar-refractivity contribution in [3.63, 3.8) is 0 Å². The molecule has 0 atom stereocenters. The van der Waals surface area contributed by atoms with Crippen LogP contribution in [-0.4, -0.2) is 29.4 Å². The van der Waals surface area contributed by atoms with Crippen LogP contribution in [0.2, 0.25) is 0 Å². The first-order valence-corrected chi connectivity index (χ1v) is 6.16. The van der Waals surface area contributed by atoms with Crippen LogP contribution in [0.3, 0.4) is 0 Å². The quantitative estimate of drug-likeness (QED) is 0.273. The van der Waals surface area contributed by atoms with Crippen molar-refractivity contribution >= 4 is 33.6 Å². The van der Waals surface area contributed by atoms with Crippen LogP contribution >= 0.6 is 27.7 Å². The van der Waals surface area contributed by atoms with Crippen LogP contribution in [0, 0.1) is 0 Å². The van der Waals surface area contributed by atoms with Crippen molar-refractivity contribution in [3.8, 4) is 0 Å². The minimum Gasteiger partial charge on any atom is -0.385 e. The summed E-state index contributed by atoms with van der Waals surface area (Å²) in [6.45, 7) is 0.762. The molecule has 0 amide bonds. The van der Waals surface area contributed by atoms with E-state index in [4.69, 9.17) is 10.6 Å². The summed E-state index contributed by atoms with van der Waals surface area (Å²) in [4.78, 5) is 8.19. The fourth-order valence-electron chi connectivity index (χ4n) is 0.894. The monoisotopic (exact) mass is 292 g/mol. The van der Waals surface area contributed by atoms with Crippen LogP contribution in [0.5, 0.6) is 0 Å². The Balaban J connectivity index is 2.51. The van der Waals surface area contributed by atoms with Crippen LogP contribution in [0.1, 0.15) is 6.42 Å². The van der Waals surface area contributed by atoms with Gasteiger partial charge in [0, 0.05) is 25.7 Å². The molecule has 0 aromatic carbocycles. The van der Waals surface area contributed by atoms with Crippen LogP contribution in [0.25, 0.3) is 0 Å². The van der Waals surface area contributed by atoms with Crippen molar-refractivity contribution in [2.45, 2.75) is 11.4 Å². The van der Waals surface area contributed by atoms with Crippen molar-refractivity contribution < 1.29 is 4.74 Å². The third-order valence-corrected chi connectivity index (χ3v) is 3.49. The highest BCUT2D eigenvalue weighted by Gasteiger charge is 2.04. The molecule has 0 aliphatic carbocycles. The highest BCUT2D eigenvalue weighted by molar-refractivity contribution is 9.10. The first-order chi connectivity index (χ1) is 7.27. The van der Waals surface area contributed by atoms with Gasteiger partial charge in [-0.2, -0.15) is 0 Å². The number of nitrogen functional groups attached to an aromatic ring is 1. The van der Waals surface area contributed by atoms with Crippen molar-refractivity contribution in [3.05, 3.63) is 10.7 Å². The van der Waals surface area contributed by atoms with E-state index >= 15 is 0 Å². The summed E-state index contributed by atoms with van der Waals surface area (Å²) in [5.41, 5.74) is 2.42. The summed E-state index contributed by atoms with van der Waals surface area (Å²) in [7, 11) is 1.70. The predicted octanol–water partition coefficient (Wildman–Crippen LogP) is 1.65. The number of nitrogens with two attached hydrogens (primary N) is 1. The van der Waals surface area contributed by atoms with E-state index in [0.717, 1.165) is 28.3 Å². The number of aromatic nitrogens is 2. The average Bonchev–Trinajstić information content (AvgIpc) is 2.26. The van der Waals surface area contributed by atoms with Crippen LogP contribution in [0.15, 0.2) is 15.7 Å². The number of methoxy groups -OCH3 is 1. The number of hydrazine groups is 1. The van der Waals surface area contributed by atoms with Crippen molar-refractivity contribution in [2.75, 3.05) is 24.9 Å². The molecule has 0 aliphatic rings. The number of thioether (sulfide) groups is 1. The molecule has 1 rings (SSSR count). The van der Waals surface area contributed by atoms with Gasteiger partial charge in [-0.3, -0.25) is 5.43 Å². The summed E-state index contributed by atoms with van der Waals surface area (Å²) in [6.07, 6.45) is 2.67. The molecule has 84 valence electrons. The van der Waals surface area contributed by atoms with E-state index in [1.165, 1.54) is 0 Å². The summed E-state index contributed by atoms with van der Waals surface area (Å²) < 4.78 is 5.84. The molecule has 1 aromatic heterocycles. The highest BCUT2D eigenvalue weighted by Crippen LogP contribution is 2.25. The van der Waals surface area contributed by atoms with Crippen LogP contribution in [0.4, 0.5) is 5.95 Å². The Morgan fingerprint density at radius 2 is 2.47 bits per heavy atom. The first kappa shape index (κ1) is 12.7. The maximum atomic E-state index is 5.23. The van der Waals surface area contributed by atoms with Gasteiger partial charge in [0.2, 0.25) is 5.95 Å². The molecule has 0 unspecified atom stereocenters. The minimum absolute atomic E-state index is 0.424. The molecule has 3 N–H and O–H groups in total. The van der Waals surface area contributed by atoms with Gasteiger partial charge in [0.25, 0.3) is 0 Å². The van der Waals surface area contributed by atoms with E-state index in [1.54, 1.807) is 25.1 Å². The summed E-state index contributed by atoms with van der Waals surface area (Å²) in [5.74, 6) is 6.60. The molecule has 0 spiro atoms. The van der Waals surface area contributed by atoms with Gasteiger partial charge >= 0.3 is 0 Å². The molecule has 0 bridgehead atoms. The second kappa shape index (κ2) is 7.00. The van der Waals surface area contributed by atoms with Crippen molar-refractivity contribution in [2.24, 2.45) is 5.84 Å². The molecule has 0 saturated carbocycles. The predicted molar refractivity (Wildman–Crippen MR) is 64.8 cm³/mol. The maximum absolute atomic E-state index is 5.23. The lowest BCUT2D eigenvalue weighted by molar-refractivity contribution is 0.200. The third-order valence-electron chi connectivity index (χ3n) is 1.57. The fourth-order valence-corrected chi connectivity index (χ4v) is 2.23. The molecule has 0 radical (unpaired) electrons. The molecular formula is C8H13BrN4OS. The van der Waals surface area contributed by atoms with Crippen molar-refractivity contribution in [1.29, 1.82) is 0 Å². The molecule has 7 heteroatoms. The summed E-state index contributed by atoms with van der Waals surface area (Å²) >= 11 is 5.03. The minimum atomic E-state index is 0.424. The van der Waals surface area contributed by atoms with Gasteiger partial charge in [0.15, 0.2) is 0 Å². The lowest BCUT2D eigenvalue weighted by Gasteiger charge is -2.04. The molecular weight excluding hydrogens is 280 g/mol. The molecule has 5 nitrogen and oxygen atoms in total. The van der Waals surface area contributed by atoms with Crippen LogP contribution in [-0.2, 0) is 4.74 Å². The zero-order chi connectivity index (χ0) is 11.1. The topological polar surface area (TPSA) is 73.1 Å². The summed E-state index contributed by atoms with van der Waals surface area (Å²) in [6, 6.07) is 0. The van der Waals surface area contributed by atoms with E-state index in [1.807, 2.05) is 0 Å². The first-order valence-electron chi connectivity index (χ1n) is 4.39. The normalized spacial score (nSPS) is 10.3. The number of hydrogen-bond acceptors (Lipinski definition) is 6. The Bertz CT molecular complexity index is 313. The smallest absolute Gasteiger partial charge is 0.238 e. The van der Waals surface area contributed by atoms with Crippen molar-refractivity contribution in [1.82, 2.24) is 9.97 Å². The SMILES string of the molecule is COCCCSc1nc(NN)ncc1Br. The average molecular weight is 293 g/mol. The highest BCUT2D eigenvalue weighted by atomic mass is 79.9. The lowest BCUT2D eigenvalue weighted by atomic mass is 10.5. The fraction of sp³-hybridized carbons (Fsp3) is 0.500. The van der Waals surface area contributed by atoms with Gasteiger partial charge in [0.1, 0.15) is 5.03 Å². The Labute approximate surface area is 101 Å². The molecule has 0 fully saturated rings. The number of nitrogens with one attached hydrogen (secondary N) is 1. The van der Waals surface area contributed by atoms with E-state index < -0.39 is 0 Å². The Kier molecular flexibility index (Phi) is 5.92. The maximum Gasteiger partial charge on any atom is 0.238 e. The zero-order valence-corrected chi connectivity index (χ0v) is 10.8. The second-order valence-corrected chi connectivity index (χ2v) is 4.62. The van der Waals surface area contributed by atoms with E-state index in [2.05, 4.69) is 31.3 Å². The number of halogens is 1. The zero-order valence-electron chi connectivity index (χ0n) is 8.36. The van der Waals surface area contributed by atoms with Gasteiger partial charge in [0.05, 0.1) is 4.47 Å². The number of nitrogens with zero attached hydrogens (tertiary/aromatic N) is 2. The van der Waals surface area contributed by atoms with Gasteiger partial charge in [-0.25, -0.2) is 15.8 Å². The Morgan fingerprint density at radius 3 is 3.13 bits per heavy atom. The molecule has 1 heterocycles. The number of ether oxygens (including phenoxy) is 1. The van der Waals surface area contributed by atoms with Gasteiger partial charge in [-0.1, -0.05) is 0 Å². The van der Waals surface area contributed by atoms with Gasteiger partial charge in [-0.15, -0.1) is 11.8 Å². The molecule has 0 saturated heterocycles. The molecule has 0 aliphatic heterocycles.